The quantitative estimate of drug-likeness (QED) is 0.917. The van der Waals surface area contributed by atoms with Gasteiger partial charge in [-0.1, -0.05) is 37.3 Å². The van der Waals surface area contributed by atoms with E-state index in [1.165, 1.54) is 0 Å². The molecular weight excluding hydrogens is 254 g/mol. The van der Waals surface area contributed by atoms with Crippen molar-refractivity contribution < 1.29 is 14.7 Å². The Labute approximate surface area is 119 Å². The normalized spacial score (nSPS) is 17.8. The van der Waals surface area contributed by atoms with E-state index in [2.05, 4.69) is 0 Å². The minimum atomic E-state index is -0.727. The molecule has 0 aliphatic carbocycles. The second kappa shape index (κ2) is 6.07. The van der Waals surface area contributed by atoms with Crippen molar-refractivity contribution in [2.45, 2.75) is 32.6 Å². The fraction of sp³-hybridized carbons (Fsp3) is 0.500. The summed E-state index contributed by atoms with van der Waals surface area (Å²) < 4.78 is 0. The van der Waals surface area contributed by atoms with Crippen LogP contribution in [0.25, 0.3) is 0 Å². The third kappa shape index (κ3) is 3.00. The second-order valence-electron chi connectivity index (χ2n) is 5.48. The van der Waals surface area contributed by atoms with E-state index in [1.54, 1.807) is 4.90 Å². The molecule has 4 nitrogen and oxygen atoms in total. The van der Waals surface area contributed by atoms with Crippen molar-refractivity contribution in [2.24, 2.45) is 5.41 Å². The molecule has 1 saturated heterocycles. The van der Waals surface area contributed by atoms with E-state index in [-0.39, 0.29) is 5.91 Å². The number of nitrogens with zero attached hydrogens (tertiary/aromatic N) is 1. The van der Waals surface area contributed by atoms with Gasteiger partial charge in [0.1, 0.15) is 0 Å². The lowest BCUT2D eigenvalue weighted by molar-refractivity contribution is -0.154. The molecule has 1 aromatic carbocycles. The fourth-order valence-electron chi connectivity index (χ4n) is 2.79. The zero-order valence-corrected chi connectivity index (χ0v) is 11.8. The monoisotopic (exact) mass is 275 g/mol. The largest absolute Gasteiger partial charge is 0.481 e. The number of aliphatic carboxylic acids is 1. The van der Waals surface area contributed by atoms with E-state index in [0.717, 1.165) is 5.56 Å². The first kappa shape index (κ1) is 14.6. The number of carbonyl (C=O) groups is 2. The molecule has 20 heavy (non-hydrogen) atoms. The summed E-state index contributed by atoms with van der Waals surface area (Å²) >= 11 is 0. The first-order valence-corrected chi connectivity index (χ1v) is 7.12. The zero-order chi connectivity index (χ0) is 14.6. The lowest BCUT2D eigenvalue weighted by Crippen LogP contribution is -2.46. The zero-order valence-electron chi connectivity index (χ0n) is 11.8. The fourth-order valence-corrected chi connectivity index (χ4v) is 2.79. The highest BCUT2D eigenvalue weighted by molar-refractivity contribution is 5.80. The Kier molecular flexibility index (Phi) is 4.42. The topological polar surface area (TPSA) is 57.6 Å². The Bertz CT molecular complexity index is 476. The van der Waals surface area contributed by atoms with Crippen molar-refractivity contribution in [1.82, 2.24) is 4.90 Å². The number of hydrogen-bond donors (Lipinski definition) is 1. The molecule has 0 radical (unpaired) electrons. The van der Waals surface area contributed by atoms with Crippen molar-refractivity contribution in [3.05, 3.63) is 35.9 Å². The van der Waals surface area contributed by atoms with Gasteiger partial charge in [0.25, 0.3) is 0 Å². The summed E-state index contributed by atoms with van der Waals surface area (Å²) in [5.74, 6) is -0.638. The van der Waals surface area contributed by atoms with E-state index >= 15 is 0 Å². The van der Waals surface area contributed by atoms with Gasteiger partial charge in [-0.2, -0.15) is 0 Å². The third-order valence-corrected chi connectivity index (χ3v) is 4.40. The highest BCUT2D eigenvalue weighted by atomic mass is 16.4. The molecule has 1 aliphatic rings. The number of likely N-dealkylation sites (tertiary alicyclic amines) is 1. The predicted octanol–water partition coefficient (Wildman–Crippen LogP) is 2.33. The summed E-state index contributed by atoms with van der Waals surface area (Å²) in [7, 11) is 0. The van der Waals surface area contributed by atoms with Crippen LogP contribution in [-0.2, 0) is 16.0 Å². The highest BCUT2D eigenvalue weighted by Gasteiger charge is 2.40. The molecule has 0 atom stereocenters. The standard InChI is InChI=1S/C16H21NO3/c1-2-16(15(19)20)8-10-17(11-9-16)14(18)12-13-6-4-3-5-7-13/h3-7H,2,8-12H2,1H3,(H,19,20). The van der Waals surface area contributed by atoms with Gasteiger partial charge in [0, 0.05) is 13.1 Å². The third-order valence-electron chi connectivity index (χ3n) is 4.40. The SMILES string of the molecule is CCC1(C(=O)O)CCN(C(=O)Cc2ccccc2)CC1. The molecule has 1 heterocycles. The van der Waals surface area contributed by atoms with Crippen molar-refractivity contribution in [3.63, 3.8) is 0 Å². The number of benzene rings is 1. The van der Waals surface area contributed by atoms with Gasteiger partial charge in [0.2, 0.25) is 5.91 Å². The van der Waals surface area contributed by atoms with Gasteiger partial charge < -0.3 is 10.0 Å². The molecule has 1 N–H and O–H groups in total. The molecule has 1 aromatic rings. The van der Waals surface area contributed by atoms with Crippen molar-refractivity contribution in [3.8, 4) is 0 Å². The first-order chi connectivity index (χ1) is 9.57. The second-order valence-corrected chi connectivity index (χ2v) is 5.48. The number of piperidine rings is 1. The Morgan fingerprint density at radius 1 is 1.20 bits per heavy atom. The smallest absolute Gasteiger partial charge is 0.309 e. The maximum Gasteiger partial charge on any atom is 0.309 e. The van der Waals surface area contributed by atoms with Crippen LogP contribution in [0.2, 0.25) is 0 Å². The average Bonchev–Trinajstić information content (AvgIpc) is 2.48. The van der Waals surface area contributed by atoms with Crippen molar-refractivity contribution in [1.29, 1.82) is 0 Å². The summed E-state index contributed by atoms with van der Waals surface area (Å²) in [6, 6.07) is 9.65. The van der Waals surface area contributed by atoms with Crippen LogP contribution in [0.4, 0.5) is 0 Å². The van der Waals surface area contributed by atoms with E-state index in [1.807, 2.05) is 37.3 Å². The van der Waals surface area contributed by atoms with Crippen LogP contribution in [0, 0.1) is 5.41 Å². The van der Waals surface area contributed by atoms with Gasteiger partial charge in [-0.25, -0.2) is 0 Å². The van der Waals surface area contributed by atoms with Gasteiger partial charge in [0.15, 0.2) is 0 Å². The summed E-state index contributed by atoms with van der Waals surface area (Å²) in [6.07, 6.45) is 2.13. The molecule has 0 unspecified atom stereocenters. The van der Waals surface area contributed by atoms with Gasteiger partial charge in [-0.3, -0.25) is 9.59 Å². The Morgan fingerprint density at radius 3 is 2.30 bits per heavy atom. The van der Waals surface area contributed by atoms with Crippen molar-refractivity contribution >= 4 is 11.9 Å². The lowest BCUT2D eigenvalue weighted by Gasteiger charge is -2.38. The maximum absolute atomic E-state index is 12.2. The number of hydrogen-bond acceptors (Lipinski definition) is 2. The van der Waals surface area contributed by atoms with Crippen LogP contribution < -0.4 is 0 Å². The molecular formula is C16H21NO3. The number of carboxylic acids is 1. The van der Waals surface area contributed by atoms with Crippen LogP contribution in [0.5, 0.6) is 0 Å². The minimum absolute atomic E-state index is 0.0892. The summed E-state index contributed by atoms with van der Waals surface area (Å²) in [5, 5.41) is 9.35. The van der Waals surface area contributed by atoms with E-state index in [0.29, 0.717) is 38.8 Å². The van der Waals surface area contributed by atoms with Crippen molar-refractivity contribution in [2.75, 3.05) is 13.1 Å². The van der Waals surface area contributed by atoms with Crippen LogP contribution in [0.15, 0.2) is 30.3 Å². The average molecular weight is 275 g/mol. The number of amides is 1. The highest BCUT2D eigenvalue weighted by Crippen LogP contribution is 2.35. The molecule has 1 aliphatic heterocycles. The molecule has 4 heteroatoms. The molecule has 108 valence electrons. The number of rotatable bonds is 4. The molecule has 1 fully saturated rings. The van der Waals surface area contributed by atoms with E-state index in [9.17, 15) is 14.7 Å². The molecule has 2 rings (SSSR count). The van der Waals surface area contributed by atoms with Gasteiger partial charge >= 0.3 is 5.97 Å². The molecule has 1 amide bonds. The Balaban J connectivity index is 1.94. The molecule has 0 saturated carbocycles. The molecule has 0 aromatic heterocycles. The number of carbonyl (C=O) groups excluding carboxylic acids is 1. The van der Waals surface area contributed by atoms with E-state index in [4.69, 9.17) is 0 Å². The van der Waals surface area contributed by atoms with Gasteiger partial charge in [-0.15, -0.1) is 0 Å². The predicted molar refractivity (Wildman–Crippen MR) is 76.3 cm³/mol. The lowest BCUT2D eigenvalue weighted by atomic mass is 9.76. The Morgan fingerprint density at radius 2 is 1.80 bits per heavy atom. The Hall–Kier alpha value is -1.84. The van der Waals surface area contributed by atoms with Gasteiger partial charge in [-0.05, 0) is 24.8 Å². The van der Waals surface area contributed by atoms with Gasteiger partial charge in [0.05, 0.1) is 11.8 Å². The summed E-state index contributed by atoms with van der Waals surface area (Å²) in [6.45, 7) is 3.01. The van der Waals surface area contributed by atoms with Crippen LogP contribution in [0.1, 0.15) is 31.7 Å². The summed E-state index contributed by atoms with van der Waals surface area (Å²) in [4.78, 5) is 25.4. The van der Waals surface area contributed by atoms with Crippen LogP contribution >= 0.6 is 0 Å². The number of carboxylic acid groups (broad SMARTS) is 1. The molecule has 0 bridgehead atoms. The summed E-state index contributed by atoms with van der Waals surface area (Å²) in [5.41, 5.74) is 0.367. The van der Waals surface area contributed by atoms with E-state index < -0.39 is 11.4 Å². The maximum atomic E-state index is 12.2. The molecule has 0 spiro atoms. The minimum Gasteiger partial charge on any atom is -0.481 e. The first-order valence-electron chi connectivity index (χ1n) is 7.12. The van der Waals surface area contributed by atoms with Crippen LogP contribution in [0.3, 0.4) is 0 Å². The van der Waals surface area contributed by atoms with Crippen LogP contribution in [-0.4, -0.2) is 35.0 Å².